The largest absolute Gasteiger partial charge is 0.477 e. The quantitative estimate of drug-likeness (QED) is 0.559. The first-order valence-corrected chi connectivity index (χ1v) is 7.77. The third kappa shape index (κ3) is 4.11. The van der Waals surface area contributed by atoms with Crippen molar-refractivity contribution in [2.45, 2.75) is 37.6 Å². The SMILES string of the molecule is C#CCCCCNS(=O)(=O)c1cc(C(=O)O)n(CC)c1. The molecule has 0 fully saturated rings. The zero-order valence-corrected chi connectivity index (χ0v) is 12.1. The number of carboxylic acids is 1. The van der Waals surface area contributed by atoms with Crippen molar-refractivity contribution >= 4 is 16.0 Å². The predicted molar refractivity (Wildman–Crippen MR) is 74.9 cm³/mol. The molecule has 0 aliphatic heterocycles. The van der Waals surface area contributed by atoms with Crippen LogP contribution >= 0.6 is 0 Å². The van der Waals surface area contributed by atoms with Crippen LogP contribution in [0.1, 0.15) is 36.7 Å². The maximum absolute atomic E-state index is 12.0. The predicted octanol–water partition coefficient (Wildman–Crippen LogP) is 1.29. The average molecular weight is 298 g/mol. The molecular weight excluding hydrogens is 280 g/mol. The average Bonchev–Trinajstić information content (AvgIpc) is 2.83. The number of sulfonamides is 1. The van der Waals surface area contributed by atoms with E-state index in [0.717, 1.165) is 12.5 Å². The summed E-state index contributed by atoms with van der Waals surface area (Å²) in [6, 6.07) is 1.16. The highest BCUT2D eigenvalue weighted by Gasteiger charge is 2.20. The molecule has 1 aromatic heterocycles. The standard InChI is InChI=1S/C13H18N2O4S/c1-3-5-6-7-8-14-20(18,19)11-9-12(13(16)17)15(4-2)10-11/h1,9-10,14H,4-8H2,2H3,(H,16,17). The van der Waals surface area contributed by atoms with Gasteiger partial charge in [-0.2, -0.15) is 0 Å². The second kappa shape index (κ2) is 7.12. The van der Waals surface area contributed by atoms with Gasteiger partial charge in [-0.05, 0) is 25.8 Å². The van der Waals surface area contributed by atoms with Crippen molar-refractivity contribution in [1.29, 1.82) is 0 Å². The fourth-order valence-electron chi connectivity index (χ4n) is 1.71. The molecule has 0 spiro atoms. The Kier molecular flexibility index (Phi) is 5.80. The molecule has 1 heterocycles. The van der Waals surface area contributed by atoms with Crippen molar-refractivity contribution in [3.05, 3.63) is 18.0 Å². The minimum Gasteiger partial charge on any atom is -0.477 e. The van der Waals surface area contributed by atoms with Crippen molar-refractivity contribution in [2.24, 2.45) is 0 Å². The number of carbonyl (C=O) groups is 1. The molecule has 2 N–H and O–H groups in total. The molecule has 0 aliphatic rings. The van der Waals surface area contributed by atoms with Gasteiger partial charge in [-0.25, -0.2) is 17.9 Å². The van der Waals surface area contributed by atoms with Gasteiger partial charge in [-0.15, -0.1) is 12.3 Å². The van der Waals surface area contributed by atoms with Gasteiger partial charge >= 0.3 is 5.97 Å². The number of unbranched alkanes of at least 4 members (excludes halogenated alkanes) is 2. The first-order chi connectivity index (χ1) is 9.42. The first kappa shape index (κ1) is 16.3. The Morgan fingerprint density at radius 2 is 2.20 bits per heavy atom. The van der Waals surface area contributed by atoms with Gasteiger partial charge in [0.15, 0.2) is 0 Å². The lowest BCUT2D eigenvalue weighted by molar-refractivity contribution is 0.0685. The summed E-state index contributed by atoms with van der Waals surface area (Å²) in [7, 11) is -3.68. The lowest BCUT2D eigenvalue weighted by Crippen LogP contribution is -2.24. The molecule has 0 aromatic carbocycles. The summed E-state index contributed by atoms with van der Waals surface area (Å²) >= 11 is 0. The molecule has 0 saturated heterocycles. The van der Waals surface area contributed by atoms with Gasteiger partial charge in [0.2, 0.25) is 10.0 Å². The summed E-state index contributed by atoms with van der Waals surface area (Å²) in [4.78, 5) is 11.0. The number of hydrogen-bond donors (Lipinski definition) is 2. The molecule has 6 nitrogen and oxygen atoms in total. The molecule has 0 saturated carbocycles. The molecular formula is C13H18N2O4S. The van der Waals surface area contributed by atoms with Crippen LogP contribution in [0, 0.1) is 12.3 Å². The minimum atomic E-state index is -3.68. The van der Waals surface area contributed by atoms with E-state index in [4.69, 9.17) is 11.5 Å². The molecule has 0 bridgehead atoms. The Balaban J connectivity index is 2.78. The number of hydrogen-bond acceptors (Lipinski definition) is 3. The number of carboxylic acid groups (broad SMARTS) is 1. The third-order valence-electron chi connectivity index (χ3n) is 2.78. The monoisotopic (exact) mass is 298 g/mol. The summed E-state index contributed by atoms with van der Waals surface area (Å²) < 4.78 is 27.8. The smallest absolute Gasteiger partial charge is 0.352 e. The molecule has 0 amide bonds. The highest BCUT2D eigenvalue weighted by atomic mass is 32.2. The fraction of sp³-hybridized carbons (Fsp3) is 0.462. The van der Waals surface area contributed by atoms with Gasteiger partial charge in [-0.1, -0.05) is 0 Å². The van der Waals surface area contributed by atoms with E-state index in [1.807, 2.05) is 0 Å². The van der Waals surface area contributed by atoms with Gasteiger partial charge in [0.25, 0.3) is 0 Å². The summed E-state index contributed by atoms with van der Waals surface area (Å²) in [5, 5.41) is 8.99. The fourth-order valence-corrected chi connectivity index (χ4v) is 2.83. The molecule has 7 heteroatoms. The van der Waals surface area contributed by atoms with Crippen LogP contribution in [-0.2, 0) is 16.6 Å². The second-order valence-corrected chi connectivity index (χ2v) is 5.98. The van der Waals surface area contributed by atoms with Crippen molar-refractivity contribution in [3.8, 4) is 12.3 Å². The van der Waals surface area contributed by atoms with E-state index in [1.165, 1.54) is 10.8 Å². The van der Waals surface area contributed by atoms with E-state index in [0.29, 0.717) is 19.4 Å². The Morgan fingerprint density at radius 1 is 1.50 bits per heavy atom. The van der Waals surface area contributed by atoms with Crippen LogP contribution in [0.15, 0.2) is 17.2 Å². The van der Waals surface area contributed by atoms with E-state index in [2.05, 4.69) is 10.6 Å². The number of aryl methyl sites for hydroxylation is 1. The van der Waals surface area contributed by atoms with Gasteiger partial charge in [-0.3, -0.25) is 0 Å². The zero-order valence-electron chi connectivity index (χ0n) is 11.3. The van der Waals surface area contributed by atoms with Crippen molar-refractivity contribution in [1.82, 2.24) is 9.29 Å². The third-order valence-corrected chi connectivity index (χ3v) is 4.21. The number of rotatable bonds is 8. The number of terminal acetylenes is 1. The number of nitrogens with zero attached hydrogens (tertiary/aromatic N) is 1. The van der Waals surface area contributed by atoms with E-state index < -0.39 is 16.0 Å². The normalized spacial score (nSPS) is 11.2. The van der Waals surface area contributed by atoms with E-state index in [9.17, 15) is 13.2 Å². The van der Waals surface area contributed by atoms with Crippen LogP contribution in [0.3, 0.4) is 0 Å². The van der Waals surface area contributed by atoms with Gasteiger partial charge in [0.05, 0.1) is 0 Å². The highest BCUT2D eigenvalue weighted by molar-refractivity contribution is 7.89. The molecule has 1 aromatic rings. The molecule has 110 valence electrons. The van der Waals surface area contributed by atoms with Crippen molar-refractivity contribution < 1.29 is 18.3 Å². The zero-order chi connectivity index (χ0) is 15.2. The number of nitrogens with one attached hydrogen (secondary N) is 1. The molecule has 1 rings (SSSR count). The molecule has 20 heavy (non-hydrogen) atoms. The summed E-state index contributed by atoms with van der Waals surface area (Å²) in [5.74, 6) is 1.33. The number of aromatic carboxylic acids is 1. The minimum absolute atomic E-state index is 0.0336. The van der Waals surface area contributed by atoms with Gasteiger partial charge in [0.1, 0.15) is 10.6 Å². The van der Waals surface area contributed by atoms with Crippen LogP contribution in [0.4, 0.5) is 0 Å². The Morgan fingerprint density at radius 3 is 2.70 bits per heavy atom. The van der Waals surface area contributed by atoms with Gasteiger partial charge < -0.3 is 9.67 Å². The molecule has 0 aliphatic carbocycles. The number of aromatic nitrogens is 1. The maximum atomic E-state index is 12.0. The molecule has 0 atom stereocenters. The van der Waals surface area contributed by atoms with Gasteiger partial charge in [0, 0.05) is 25.7 Å². The first-order valence-electron chi connectivity index (χ1n) is 6.29. The van der Waals surface area contributed by atoms with E-state index in [-0.39, 0.29) is 17.1 Å². The Labute approximate surface area is 118 Å². The van der Waals surface area contributed by atoms with E-state index >= 15 is 0 Å². The van der Waals surface area contributed by atoms with Crippen LogP contribution < -0.4 is 4.72 Å². The Hall–Kier alpha value is -1.78. The molecule has 0 unspecified atom stereocenters. The lowest BCUT2D eigenvalue weighted by Gasteiger charge is -2.03. The van der Waals surface area contributed by atoms with Crippen molar-refractivity contribution in [3.63, 3.8) is 0 Å². The van der Waals surface area contributed by atoms with Crippen LogP contribution in [-0.4, -0.2) is 30.6 Å². The van der Waals surface area contributed by atoms with Crippen LogP contribution in [0.25, 0.3) is 0 Å². The van der Waals surface area contributed by atoms with Crippen LogP contribution in [0.5, 0.6) is 0 Å². The lowest BCUT2D eigenvalue weighted by atomic mass is 10.2. The molecule has 0 radical (unpaired) electrons. The van der Waals surface area contributed by atoms with Crippen LogP contribution in [0.2, 0.25) is 0 Å². The maximum Gasteiger partial charge on any atom is 0.352 e. The second-order valence-electron chi connectivity index (χ2n) is 4.21. The summed E-state index contributed by atoms with van der Waals surface area (Å²) in [6.07, 6.45) is 8.43. The van der Waals surface area contributed by atoms with E-state index in [1.54, 1.807) is 6.92 Å². The summed E-state index contributed by atoms with van der Waals surface area (Å²) in [5.41, 5.74) is -0.0415. The summed E-state index contributed by atoms with van der Waals surface area (Å²) in [6.45, 7) is 2.42. The topological polar surface area (TPSA) is 88.4 Å². The Bertz CT molecular complexity index is 611. The van der Waals surface area contributed by atoms with Crippen molar-refractivity contribution in [2.75, 3.05) is 6.54 Å². The highest BCUT2D eigenvalue weighted by Crippen LogP contribution is 2.14.